The van der Waals surface area contributed by atoms with Gasteiger partial charge in [0.15, 0.2) is 11.5 Å². The highest BCUT2D eigenvalue weighted by molar-refractivity contribution is 6.39. The minimum Gasteiger partial charge on any atom is -0.494 e. The number of nitrogens with one attached hydrogen (secondary N) is 2. The first-order valence-electron chi connectivity index (χ1n) is 8.96. The second kappa shape index (κ2) is 9.09. The molecule has 0 aliphatic carbocycles. The van der Waals surface area contributed by atoms with Crippen LogP contribution in [0, 0.1) is 0 Å². The fourth-order valence-electron chi connectivity index (χ4n) is 2.68. The predicted octanol–water partition coefficient (Wildman–Crippen LogP) is 1.99. The van der Waals surface area contributed by atoms with Crippen molar-refractivity contribution in [2.45, 2.75) is 19.4 Å². The molecule has 2 aromatic carbocycles. The molecule has 3 N–H and O–H groups in total. The molecule has 1 unspecified atom stereocenters. The molecule has 0 fully saturated rings. The van der Waals surface area contributed by atoms with Crippen LogP contribution >= 0.6 is 0 Å². The number of hydrogen-bond donors (Lipinski definition) is 3. The van der Waals surface area contributed by atoms with Gasteiger partial charge in [-0.2, -0.15) is 0 Å². The third kappa shape index (κ3) is 4.92. The molecule has 0 aromatic heterocycles. The number of benzene rings is 2. The third-order valence-corrected chi connectivity index (χ3v) is 4.11. The van der Waals surface area contributed by atoms with E-state index in [0.717, 1.165) is 0 Å². The van der Waals surface area contributed by atoms with Gasteiger partial charge in [0, 0.05) is 12.2 Å². The first-order valence-corrected chi connectivity index (χ1v) is 8.96. The molecule has 8 heteroatoms. The minimum atomic E-state index is -0.802. The molecule has 1 aliphatic rings. The number of aliphatic hydroxyl groups is 1. The normalized spacial score (nSPS) is 12.9. The standard InChI is InChI=1S/C20H22N2O6/c1-2-26-15-6-4-14(5-7-15)22-20(25)19(24)21-10-9-16(23)13-3-8-17-18(11-13)28-12-27-17/h3-8,11,16,23H,2,9-10,12H2,1H3,(H,21,24)(H,22,25). The molecule has 0 bridgehead atoms. The molecule has 28 heavy (non-hydrogen) atoms. The Morgan fingerprint density at radius 3 is 2.61 bits per heavy atom. The lowest BCUT2D eigenvalue weighted by Crippen LogP contribution is -2.36. The van der Waals surface area contributed by atoms with Gasteiger partial charge in [-0.1, -0.05) is 6.07 Å². The van der Waals surface area contributed by atoms with Crippen molar-refractivity contribution < 1.29 is 28.9 Å². The van der Waals surface area contributed by atoms with Gasteiger partial charge in [-0.05, 0) is 55.3 Å². The largest absolute Gasteiger partial charge is 0.494 e. The van der Waals surface area contributed by atoms with Gasteiger partial charge >= 0.3 is 11.8 Å². The molecule has 0 radical (unpaired) electrons. The van der Waals surface area contributed by atoms with Gasteiger partial charge in [-0.3, -0.25) is 9.59 Å². The van der Waals surface area contributed by atoms with Crippen LogP contribution in [-0.4, -0.2) is 36.9 Å². The van der Waals surface area contributed by atoms with E-state index in [1.54, 1.807) is 42.5 Å². The van der Waals surface area contributed by atoms with Crippen LogP contribution in [-0.2, 0) is 9.59 Å². The summed E-state index contributed by atoms with van der Waals surface area (Å²) in [6.45, 7) is 2.73. The lowest BCUT2D eigenvalue weighted by Gasteiger charge is -2.12. The molecule has 0 saturated carbocycles. The Morgan fingerprint density at radius 2 is 1.86 bits per heavy atom. The SMILES string of the molecule is CCOc1ccc(NC(=O)C(=O)NCCC(O)c2ccc3c(c2)OCO3)cc1. The van der Waals surface area contributed by atoms with E-state index in [1.807, 2.05) is 6.92 Å². The molecule has 8 nitrogen and oxygen atoms in total. The van der Waals surface area contributed by atoms with Crippen LogP contribution in [0.3, 0.4) is 0 Å². The van der Waals surface area contributed by atoms with Crippen molar-refractivity contribution >= 4 is 17.5 Å². The maximum absolute atomic E-state index is 11.9. The van der Waals surface area contributed by atoms with E-state index < -0.39 is 17.9 Å². The van der Waals surface area contributed by atoms with Crippen molar-refractivity contribution in [3.63, 3.8) is 0 Å². The molecule has 2 aromatic rings. The monoisotopic (exact) mass is 386 g/mol. The predicted molar refractivity (Wildman–Crippen MR) is 101 cm³/mol. The maximum atomic E-state index is 11.9. The van der Waals surface area contributed by atoms with Crippen LogP contribution in [0.2, 0.25) is 0 Å². The van der Waals surface area contributed by atoms with E-state index in [2.05, 4.69) is 10.6 Å². The number of carbonyl (C=O) groups excluding carboxylic acids is 2. The fraction of sp³-hybridized carbons (Fsp3) is 0.300. The van der Waals surface area contributed by atoms with Gasteiger partial charge in [0.25, 0.3) is 0 Å². The van der Waals surface area contributed by atoms with Crippen LogP contribution in [0.25, 0.3) is 0 Å². The summed E-state index contributed by atoms with van der Waals surface area (Å²) in [5.74, 6) is 0.349. The molecule has 1 atom stereocenters. The Kier molecular flexibility index (Phi) is 6.33. The maximum Gasteiger partial charge on any atom is 0.313 e. The van der Waals surface area contributed by atoms with E-state index in [4.69, 9.17) is 14.2 Å². The summed E-state index contributed by atoms with van der Waals surface area (Å²) in [5, 5.41) is 15.3. The second-order valence-electron chi connectivity index (χ2n) is 6.08. The van der Waals surface area contributed by atoms with Gasteiger partial charge in [-0.25, -0.2) is 0 Å². The Hall–Kier alpha value is -3.26. The zero-order valence-corrected chi connectivity index (χ0v) is 15.4. The summed E-state index contributed by atoms with van der Waals surface area (Å²) in [4.78, 5) is 23.9. The number of amides is 2. The molecule has 0 saturated heterocycles. The number of ether oxygens (including phenoxy) is 3. The fourth-order valence-corrected chi connectivity index (χ4v) is 2.68. The van der Waals surface area contributed by atoms with Gasteiger partial charge in [-0.15, -0.1) is 0 Å². The van der Waals surface area contributed by atoms with Crippen molar-refractivity contribution in [1.29, 1.82) is 0 Å². The summed E-state index contributed by atoms with van der Waals surface area (Å²) < 4.78 is 15.8. The molecule has 148 valence electrons. The van der Waals surface area contributed by atoms with Crippen LogP contribution in [0.1, 0.15) is 25.0 Å². The quantitative estimate of drug-likeness (QED) is 0.629. The van der Waals surface area contributed by atoms with Gasteiger partial charge in [0.1, 0.15) is 5.75 Å². The molecule has 0 spiro atoms. The van der Waals surface area contributed by atoms with E-state index in [0.29, 0.717) is 35.1 Å². The van der Waals surface area contributed by atoms with Crippen molar-refractivity contribution in [3.05, 3.63) is 48.0 Å². The van der Waals surface area contributed by atoms with Gasteiger partial charge in [0.05, 0.1) is 12.7 Å². The number of hydrogen-bond acceptors (Lipinski definition) is 6. The third-order valence-electron chi connectivity index (χ3n) is 4.11. The average Bonchev–Trinajstić information content (AvgIpc) is 3.17. The smallest absolute Gasteiger partial charge is 0.313 e. The lowest BCUT2D eigenvalue weighted by molar-refractivity contribution is -0.136. The molecular formula is C20H22N2O6. The second-order valence-corrected chi connectivity index (χ2v) is 6.08. The molecule has 2 amide bonds. The lowest BCUT2D eigenvalue weighted by atomic mass is 10.1. The van der Waals surface area contributed by atoms with Gasteiger partial charge < -0.3 is 30.0 Å². The zero-order valence-electron chi connectivity index (χ0n) is 15.4. The Bertz CT molecular complexity index is 837. The Morgan fingerprint density at radius 1 is 1.11 bits per heavy atom. The van der Waals surface area contributed by atoms with Crippen LogP contribution in [0.15, 0.2) is 42.5 Å². The van der Waals surface area contributed by atoms with Crippen LogP contribution in [0.4, 0.5) is 5.69 Å². The van der Waals surface area contributed by atoms with E-state index in [-0.39, 0.29) is 19.8 Å². The van der Waals surface area contributed by atoms with Crippen molar-refractivity contribution in [2.75, 3.05) is 25.3 Å². The number of aliphatic hydroxyl groups excluding tert-OH is 1. The molecule has 1 heterocycles. The van der Waals surface area contributed by atoms with Crippen LogP contribution in [0.5, 0.6) is 17.2 Å². The summed E-state index contributed by atoms with van der Waals surface area (Å²) in [6, 6.07) is 11.9. The van der Waals surface area contributed by atoms with Crippen molar-refractivity contribution in [1.82, 2.24) is 5.32 Å². The zero-order chi connectivity index (χ0) is 19.9. The molecular weight excluding hydrogens is 364 g/mol. The number of carbonyl (C=O) groups is 2. The highest BCUT2D eigenvalue weighted by Gasteiger charge is 2.18. The van der Waals surface area contributed by atoms with Crippen LogP contribution < -0.4 is 24.8 Å². The topological polar surface area (TPSA) is 106 Å². The van der Waals surface area contributed by atoms with E-state index in [1.165, 1.54) is 0 Å². The molecule has 3 rings (SSSR count). The summed E-state index contributed by atoms with van der Waals surface area (Å²) in [5.41, 5.74) is 1.14. The number of anilines is 1. The highest BCUT2D eigenvalue weighted by atomic mass is 16.7. The highest BCUT2D eigenvalue weighted by Crippen LogP contribution is 2.34. The Labute approximate surface area is 162 Å². The van der Waals surface area contributed by atoms with E-state index >= 15 is 0 Å². The van der Waals surface area contributed by atoms with E-state index in [9.17, 15) is 14.7 Å². The summed E-state index contributed by atoms with van der Waals surface area (Å²) >= 11 is 0. The number of rotatable bonds is 7. The average molecular weight is 386 g/mol. The summed E-state index contributed by atoms with van der Waals surface area (Å²) in [7, 11) is 0. The summed E-state index contributed by atoms with van der Waals surface area (Å²) in [6.07, 6.45) is -0.550. The Balaban J connectivity index is 1.43. The van der Waals surface area contributed by atoms with Gasteiger partial charge in [0.2, 0.25) is 6.79 Å². The minimum absolute atomic E-state index is 0.144. The first kappa shape index (κ1) is 19.5. The van der Waals surface area contributed by atoms with Crippen molar-refractivity contribution in [3.8, 4) is 17.2 Å². The first-order chi connectivity index (χ1) is 13.6. The number of fused-ring (bicyclic) bond motifs is 1. The molecule has 1 aliphatic heterocycles. The van der Waals surface area contributed by atoms with Crippen molar-refractivity contribution in [2.24, 2.45) is 0 Å².